The third kappa shape index (κ3) is 3.95. The zero-order valence-corrected chi connectivity index (χ0v) is 16.2. The Morgan fingerprint density at radius 3 is 1.97 bits per heavy atom. The van der Waals surface area contributed by atoms with E-state index in [1.54, 1.807) is 12.1 Å². The van der Waals surface area contributed by atoms with Crippen molar-refractivity contribution in [3.8, 4) is 0 Å². The van der Waals surface area contributed by atoms with Gasteiger partial charge < -0.3 is 9.88 Å². The molecule has 0 bridgehead atoms. The summed E-state index contributed by atoms with van der Waals surface area (Å²) in [6.07, 6.45) is 0. The van der Waals surface area contributed by atoms with E-state index in [0.29, 0.717) is 21.8 Å². The summed E-state index contributed by atoms with van der Waals surface area (Å²) in [4.78, 5) is 25.3. The van der Waals surface area contributed by atoms with Crippen molar-refractivity contribution in [1.82, 2.24) is 15.4 Å². The topological polar surface area (TPSA) is 75.2 Å². The maximum absolute atomic E-state index is 12.8. The molecule has 0 saturated heterocycles. The van der Waals surface area contributed by atoms with Crippen LogP contribution in [0.3, 0.4) is 0 Å². The number of fused-ring (bicyclic) bond motifs is 2. The smallest absolute Gasteiger partial charge is 0.258 e. The Kier molecular flexibility index (Phi) is 5.22. The quantitative estimate of drug-likeness (QED) is 0.279. The van der Waals surface area contributed by atoms with Crippen molar-refractivity contribution in [3.05, 3.63) is 89.1 Å². The number of carbonyl (C=O) groups is 1. The number of amides is 1. The summed E-state index contributed by atoms with van der Waals surface area (Å²) in [7, 11) is 0. The van der Waals surface area contributed by atoms with Crippen LogP contribution in [0.2, 0.25) is 0 Å². The third-order valence-corrected chi connectivity index (χ3v) is 4.73. The van der Waals surface area contributed by atoms with Crippen LogP contribution in [-0.4, -0.2) is 15.6 Å². The minimum absolute atomic E-state index is 0.0300. The molecule has 4 rings (SSSR count). The second-order valence-electron chi connectivity index (χ2n) is 6.44. The van der Waals surface area contributed by atoms with Crippen molar-refractivity contribution < 1.29 is 4.79 Å². The van der Waals surface area contributed by atoms with Crippen molar-refractivity contribution in [3.63, 3.8) is 0 Å². The highest BCUT2D eigenvalue weighted by atomic mass is 32.1. The molecule has 4 aromatic rings. The lowest BCUT2D eigenvalue weighted by Crippen LogP contribution is -2.45. The number of hydrogen-bond acceptors (Lipinski definition) is 3. The van der Waals surface area contributed by atoms with E-state index in [9.17, 15) is 9.59 Å². The van der Waals surface area contributed by atoms with Gasteiger partial charge in [-0.1, -0.05) is 42.5 Å². The summed E-state index contributed by atoms with van der Waals surface area (Å²) in [5.41, 5.74) is 7.49. The van der Waals surface area contributed by atoms with E-state index >= 15 is 0 Å². The molecule has 1 aromatic heterocycles. The number of carbonyl (C=O) groups excluding carboxylic acids is 1. The van der Waals surface area contributed by atoms with Gasteiger partial charge >= 0.3 is 0 Å². The second-order valence-corrected chi connectivity index (χ2v) is 6.85. The number of nitrogens with one attached hydrogen (secondary N) is 3. The molecule has 6 nitrogen and oxygen atoms in total. The Morgan fingerprint density at radius 2 is 1.34 bits per heavy atom. The van der Waals surface area contributed by atoms with Gasteiger partial charge in [-0.3, -0.25) is 20.4 Å². The van der Waals surface area contributed by atoms with Gasteiger partial charge in [0.25, 0.3) is 5.91 Å². The van der Waals surface area contributed by atoms with Crippen LogP contribution in [0.1, 0.15) is 0 Å². The van der Waals surface area contributed by atoms with Gasteiger partial charge in [0.1, 0.15) is 6.54 Å². The van der Waals surface area contributed by atoms with Crippen molar-refractivity contribution in [2.75, 3.05) is 5.32 Å². The number of aromatic nitrogens is 1. The lowest BCUT2D eigenvalue weighted by Gasteiger charge is -2.16. The zero-order valence-electron chi connectivity index (χ0n) is 15.4. The molecule has 0 unspecified atom stereocenters. The summed E-state index contributed by atoms with van der Waals surface area (Å²) in [5, 5.41) is 4.42. The molecular weight excluding hydrogens is 384 g/mol. The Morgan fingerprint density at radius 1 is 0.793 bits per heavy atom. The van der Waals surface area contributed by atoms with E-state index in [1.165, 1.54) is 0 Å². The molecule has 7 heteroatoms. The van der Waals surface area contributed by atoms with E-state index in [1.807, 2.05) is 71.3 Å². The summed E-state index contributed by atoms with van der Waals surface area (Å²) in [5.74, 6) is -0.291. The fourth-order valence-electron chi connectivity index (χ4n) is 3.24. The predicted octanol–water partition coefficient (Wildman–Crippen LogP) is 3.17. The largest absolute Gasteiger partial charge is 0.331 e. The Balaban J connectivity index is 1.55. The molecule has 3 N–H and O–H groups in total. The molecule has 1 heterocycles. The lowest BCUT2D eigenvalue weighted by molar-refractivity contribution is -0.122. The predicted molar refractivity (Wildman–Crippen MR) is 120 cm³/mol. The normalized spacial score (nSPS) is 10.6. The molecule has 0 saturated carbocycles. The third-order valence-electron chi connectivity index (χ3n) is 4.53. The number of para-hydroxylation sites is 3. The lowest BCUT2D eigenvalue weighted by atomic mass is 10.1. The first-order valence-corrected chi connectivity index (χ1v) is 9.45. The number of hydrogen-bond donors (Lipinski definition) is 3. The van der Waals surface area contributed by atoms with Crippen LogP contribution < -0.4 is 21.6 Å². The highest BCUT2D eigenvalue weighted by molar-refractivity contribution is 7.80. The average Bonchev–Trinajstić information content (AvgIpc) is 2.76. The second kappa shape index (κ2) is 8.12. The Bertz CT molecular complexity index is 1210. The Labute approximate surface area is 172 Å². The van der Waals surface area contributed by atoms with Gasteiger partial charge in [-0.2, -0.15) is 0 Å². The fourth-order valence-corrected chi connectivity index (χ4v) is 3.41. The minimum atomic E-state index is -0.291. The molecule has 0 radical (unpaired) electrons. The minimum Gasteiger partial charge on any atom is -0.331 e. The first kappa shape index (κ1) is 18.6. The van der Waals surface area contributed by atoms with Gasteiger partial charge in [-0.15, -0.1) is 0 Å². The molecule has 0 aliphatic carbocycles. The number of rotatable bonds is 3. The highest BCUT2D eigenvalue weighted by Gasteiger charge is 2.12. The van der Waals surface area contributed by atoms with Crippen LogP contribution in [0.4, 0.5) is 5.69 Å². The first-order valence-electron chi connectivity index (χ1n) is 9.04. The van der Waals surface area contributed by atoms with Gasteiger partial charge in [0.05, 0.1) is 11.0 Å². The van der Waals surface area contributed by atoms with Gasteiger partial charge in [0.2, 0.25) is 0 Å². The number of benzene rings is 3. The van der Waals surface area contributed by atoms with Gasteiger partial charge in [-0.25, -0.2) is 0 Å². The van der Waals surface area contributed by atoms with E-state index < -0.39 is 0 Å². The zero-order chi connectivity index (χ0) is 20.2. The molecular formula is C22H18N4O2S. The molecule has 1 amide bonds. The first-order chi connectivity index (χ1) is 14.1. The number of anilines is 1. The standard InChI is InChI=1S/C22H18N4O2S/c27-20(24-25-22(29)23-15-8-2-1-3-9-15)14-26-18-12-6-4-10-16(18)21(28)17-11-5-7-13-19(17)26/h1-13H,14H2,(H,24,27)(H2,23,25,29). The average molecular weight is 402 g/mol. The van der Waals surface area contributed by atoms with Crippen LogP contribution >= 0.6 is 12.2 Å². The maximum atomic E-state index is 12.8. The summed E-state index contributed by atoms with van der Waals surface area (Å²) >= 11 is 5.21. The molecule has 0 fully saturated rings. The summed E-state index contributed by atoms with van der Waals surface area (Å²) in [6, 6.07) is 24.0. The van der Waals surface area contributed by atoms with Gasteiger partial charge in [-0.05, 0) is 48.6 Å². The molecule has 0 aliphatic rings. The van der Waals surface area contributed by atoms with E-state index in [4.69, 9.17) is 12.2 Å². The van der Waals surface area contributed by atoms with Crippen LogP contribution in [0, 0.1) is 0 Å². The van der Waals surface area contributed by atoms with Crippen LogP contribution in [0.25, 0.3) is 21.8 Å². The van der Waals surface area contributed by atoms with Gasteiger partial charge in [0, 0.05) is 16.5 Å². The monoisotopic (exact) mass is 402 g/mol. The van der Waals surface area contributed by atoms with Crippen molar-refractivity contribution >= 4 is 50.7 Å². The maximum Gasteiger partial charge on any atom is 0.258 e. The number of pyridine rings is 1. The van der Waals surface area contributed by atoms with E-state index in [2.05, 4.69) is 16.2 Å². The van der Waals surface area contributed by atoms with Gasteiger partial charge in [0.15, 0.2) is 10.5 Å². The highest BCUT2D eigenvalue weighted by Crippen LogP contribution is 2.18. The summed E-state index contributed by atoms with van der Waals surface area (Å²) in [6.45, 7) is 0.0300. The van der Waals surface area contributed by atoms with E-state index in [0.717, 1.165) is 5.69 Å². The molecule has 144 valence electrons. The van der Waals surface area contributed by atoms with Crippen LogP contribution in [-0.2, 0) is 11.3 Å². The molecule has 3 aromatic carbocycles. The molecule has 0 atom stereocenters. The fraction of sp³-hybridized carbons (Fsp3) is 0.0455. The number of hydrazine groups is 1. The Hall–Kier alpha value is -3.71. The molecule has 0 spiro atoms. The van der Waals surface area contributed by atoms with Crippen molar-refractivity contribution in [2.45, 2.75) is 6.54 Å². The van der Waals surface area contributed by atoms with Crippen molar-refractivity contribution in [2.24, 2.45) is 0 Å². The molecule has 29 heavy (non-hydrogen) atoms. The molecule has 0 aliphatic heterocycles. The number of thiocarbonyl (C=S) groups is 1. The van der Waals surface area contributed by atoms with E-state index in [-0.39, 0.29) is 23.0 Å². The summed E-state index contributed by atoms with van der Waals surface area (Å²) < 4.78 is 1.83. The SMILES string of the molecule is O=C(Cn1c2ccccc2c(=O)c2ccccc21)NNC(=S)Nc1ccccc1. The van der Waals surface area contributed by atoms with Crippen molar-refractivity contribution in [1.29, 1.82) is 0 Å². The van der Waals surface area contributed by atoms with Crippen LogP contribution in [0.5, 0.6) is 0 Å². The van der Waals surface area contributed by atoms with Crippen LogP contribution in [0.15, 0.2) is 83.7 Å². The number of nitrogens with zero attached hydrogens (tertiary/aromatic N) is 1.